The molecule has 0 N–H and O–H groups in total. The molecule has 2 rings (SSSR count). The molecule has 0 heterocycles. The molecule has 5 heteroatoms. The van der Waals surface area contributed by atoms with E-state index in [2.05, 4.69) is 0 Å². The van der Waals surface area contributed by atoms with Crippen LogP contribution in [0.5, 0.6) is 0 Å². The molecule has 0 unspecified atom stereocenters. The van der Waals surface area contributed by atoms with Crippen LogP contribution >= 0.6 is 0 Å². The van der Waals surface area contributed by atoms with Crippen LogP contribution in [0, 0.1) is 11.3 Å². The molecule has 0 aromatic heterocycles. The summed E-state index contributed by atoms with van der Waals surface area (Å²) >= 11 is 0. The number of benzene rings is 1. The minimum absolute atomic E-state index is 0.0620. The maximum atomic E-state index is 13.9. The van der Waals surface area contributed by atoms with Crippen LogP contribution in [0.25, 0.3) is 5.83 Å². The first-order chi connectivity index (χ1) is 8.57. The molecule has 0 amide bonds. The van der Waals surface area contributed by atoms with Crippen molar-refractivity contribution in [3.8, 4) is 6.07 Å². The van der Waals surface area contributed by atoms with E-state index < -0.39 is 34.5 Å². The van der Waals surface area contributed by atoms with Gasteiger partial charge in [-0.15, -0.1) is 0 Å². The van der Waals surface area contributed by atoms with Crippen LogP contribution in [0.15, 0.2) is 59.0 Å². The van der Waals surface area contributed by atoms with E-state index >= 15 is 0 Å². The molecule has 1 nitrogen and oxygen atoms in total. The summed E-state index contributed by atoms with van der Waals surface area (Å²) in [5.41, 5.74) is -1.92. The molecule has 1 aliphatic rings. The molecule has 90 valence electrons. The smallest absolute Gasteiger partial charge is 0.206 e. The van der Waals surface area contributed by atoms with Gasteiger partial charge in [-0.25, -0.2) is 4.39 Å². The summed E-state index contributed by atoms with van der Waals surface area (Å²) in [6.07, 6.45) is -2.20. The first-order valence-corrected chi connectivity index (χ1v) is 4.89. The predicted octanol–water partition coefficient (Wildman–Crippen LogP) is 4.28. The second-order valence-corrected chi connectivity index (χ2v) is 3.49. The average Bonchev–Trinajstić information content (AvgIpc) is 3.13. The molecule has 0 aliphatic heterocycles. The lowest BCUT2D eigenvalue weighted by molar-refractivity contribution is 0.419. The van der Waals surface area contributed by atoms with Gasteiger partial charge in [-0.1, -0.05) is 30.3 Å². The Morgan fingerprint density at radius 1 is 0.889 bits per heavy atom. The van der Waals surface area contributed by atoms with Crippen molar-refractivity contribution in [2.24, 2.45) is 0 Å². The van der Waals surface area contributed by atoms with Crippen LogP contribution in [-0.4, -0.2) is 0 Å². The van der Waals surface area contributed by atoms with Crippen molar-refractivity contribution < 1.29 is 17.6 Å². The van der Waals surface area contributed by atoms with E-state index in [0.29, 0.717) is 0 Å². The Hall–Kier alpha value is -2.35. The predicted molar refractivity (Wildman–Crippen MR) is 57.5 cm³/mol. The molecule has 0 saturated heterocycles. The van der Waals surface area contributed by atoms with Crippen LogP contribution < -0.4 is 0 Å². The van der Waals surface area contributed by atoms with Gasteiger partial charge >= 0.3 is 0 Å². The normalized spacial score (nSPS) is 19.2. The fourth-order valence-electron chi connectivity index (χ4n) is 1.60. The Morgan fingerprint density at radius 2 is 1.50 bits per heavy atom. The van der Waals surface area contributed by atoms with Crippen molar-refractivity contribution in [3.05, 3.63) is 64.5 Å². The fourth-order valence-corrected chi connectivity index (χ4v) is 1.60. The molecule has 1 aromatic rings. The summed E-state index contributed by atoms with van der Waals surface area (Å²) in [5.74, 6) is -2.36. The van der Waals surface area contributed by atoms with E-state index in [9.17, 15) is 17.6 Å². The van der Waals surface area contributed by atoms with Crippen LogP contribution in [0.3, 0.4) is 0 Å². The molecule has 0 atom stereocenters. The molecule has 1 saturated carbocycles. The number of nitrogens with zero attached hydrogens (tertiary/aromatic N) is 1. The Morgan fingerprint density at radius 3 is 2.00 bits per heavy atom. The largest absolute Gasteiger partial charge is 0.278 e. The van der Waals surface area contributed by atoms with Gasteiger partial charge in [0.15, 0.2) is 0 Å². The average molecular weight is 251 g/mol. The maximum Gasteiger partial charge on any atom is 0.278 e. The quantitative estimate of drug-likeness (QED) is 0.539. The summed E-state index contributed by atoms with van der Waals surface area (Å²) in [6, 6.07) is 8.52. The fraction of sp³-hybridized carbons (Fsp3) is 0. The molecule has 0 radical (unpaired) electrons. The van der Waals surface area contributed by atoms with E-state index in [4.69, 9.17) is 5.26 Å². The van der Waals surface area contributed by atoms with Gasteiger partial charge in [0.05, 0.1) is 5.57 Å². The highest BCUT2D eigenvalue weighted by atomic mass is 19.3. The summed E-state index contributed by atoms with van der Waals surface area (Å²) in [4.78, 5) is 0. The third kappa shape index (κ3) is 1.93. The molecule has 1 fully saturated rings. The van der Waals surface area contributed by atoms with Gasteiger partial charge in [-0.2, -0.15) is 18.4 Å². The van der Waals surface area contributed by atoms with Crippen LogP contribution in [0.2, 0.25) is 0 Å². The van der Waals surface area contributed by atoms with Gasteiger partial charge in [0.25, 0.3) is 6.08 Å². The zero-order valence-corrected chi connectivity index (χ0v) is 8.85. The zero-order chi connectivity index (χ0) is 13.3. The Labute approximate surface area is 100.0 Å². The Kier molecular flexibility index (Phi) is 3.02. The zero-order valence-electron chi connectivity index (χ0n) is 8.85. The molecular weight excluding hydrogens is 246 g/mol. The Bertz CT molecular complexity index is 629. The highest BCUT2D eigenvalue weighted by Crippen LogP contribution is 2.53. The lowest BCUT2D eigenvalue weighted by atomic mass is 10.2. The summed E-state index contributed by atoms with van der Waals surface area (Å²) in [7, 11) is 0. The van der Waals surface area contributed by atoms with E-state index in [1.54, 1.807) is 6.07 Å². The van der Waals surface area contributed by atoms with Crippen molar-refractivity contribution >= 4 is 5.83 Å². The second kappa shape index (κ2) is 4.49. The third-order valence-electron chi connectivity index (χ3n) is 2.44. The molecule has 18 heavy (non-hydrogen) atoms. The van der Waals surface area contributed by atoms with E-state index in [0.717, 1.165) is 6.07 Å². The number of rotatable bonds is 1. The minimum atomic E-state index is -2.20. The van der Waals surface area contributed by atoms with Crippen LogP contribution in [-0.2, 0) is 0 Å². The van der Waals surface area contributed by atoms with Crippen molar-refractivity contribution in [1.82, 2.24) is 0 Å². The monoisotopic (exact) mass is 251 g/mol. The van der Waals surface area contributed by atoms with Crippen LogP contribution in [0.1, 0.15) is 5.56 Å². The van der Waals surface area contributed by atoms with Gasteiger partial charge in [0, 0.05) is 16.7 Å². The number of nitriles is 1. The topological polar surface area (TPSA) is 23.8 Å². The van der Waals surface area contributed by atoms with Gasteiger partial charge in [0.2, 0.25) is 5.83 Å². The number of hydrogen-bond acceptors (Lipinski definition) is 1. The minimum Gasteiger partial charge on any atom is -0.206 e. The number of hydrogen-bond donors (Lipinski definition) is 0. The maximum absolute atomic E-state index is 13.9. The lowest BCUT2D eigenvalue weighted by Crippen LogP contribution is -1.76. The van der Waals surface area contributed by atoms with Crippen LogP contribution in [0.4, 0.5) is 17.6 Å². The standard InChI is InChI=1S/C13H5F4N/c14-8(6-18)9-10(11(9)13(16)17)12(15)7-4-2-1-3-5-7/h1-5H/b9-8-,12-10-. The second-order valence-electron chi connectivity index (χ2n) is 3.49. The van der Waals surface area contributed by atoms with Crippen molar-refractivity contribution in [1.29, 1.82) is 5.26 Å². The summed E-state index contributed by atoms with van der Waals surface area (Å²) in [5, 5.41) is 8.32. The highest BCUT2D eigenvalue weighted by molar-refractivity contribution is 5.91. The van der Waals surface area contributed by atoms with Gasteiger partial charge in [-0.05, 0) is 0 Å². The van der Waals surface area contributed by atoms with E-state index in [1.807, 2.05) is 0 Å². The molecular formula is C13H5F4N. The number of halogens is 4. The van der Waals surface area contributed by atoms with Crippen molar-refractivity contribution in [2.75, 3.05) is 0 Å². The highest BCUT2D eigenvalue weighted by Gasteiger charge is 2.42. The van der Waals surface area contributed by atoms with Crippen molar-refractivity contribution in [2.45, 2.75) is 0 Å². The molecule has 1 aliphatic carbocycles. The molecule has 1 aromatic carbocycles. The third-order valence-corrected chi connectivity index (χ3v) is 2.44. The summed E-state index contributed by atoms with van der Waals surface area (Å²) < 4.78 is 51.8. The first-order valence-electron chi connectivity index (χ1n) is 4.89. The summed E-state index contributed by atoms with van der Waals surface area (Å²) in [6.45, 7) is 0. The lowest BCUT2D eigenvalue weighted by Gasteiger charge is -1.94. The van der Waals surface area contributed by atoms with Gasteiger partial charge in [-0.3, -0.25) is 0 Å². The van der Waals surface area contributed by atoms with Gasteiger partial charge in [0.1, 0.15) is 11.9 Å². The molecule has 0 spiro atoms. The molecule has 0 bridgehead atoms. The van der Waals surface area contributed by atoms with E-state index in [-0.39, 0.29) is 5.56 Å². The SMILES string of the molecule is N#C/C(F)=C1/C(=C(F)F)/C1=C(\F)c1ccccc1. The van der Waals surface area contributed by atoms with E-state index in [1.165, 1.54) is 24.3 Å². The number of allylic oxidation sites excluding steroid dienone is 4. The van der Waals surface area contributed by atoms with Crippen molar-refractivity contribution in [3.63, 3.8) is 0 Å². The van der Waals surface area contributed by atoms with Gasteiger partial charge < -0.3 is 0 Å². The Balaban J connectivity index is 2.61. The first kappa shape index (κ1) is 12.1.